The van der Waals surface area contributed by atoms with Gasteiger partial charge in [-0.1, -0.05) is 66.7 Å². The molecule has 0 aromatic heterocycles. The molecule has 1 aliphatic heterocycles. The number of hydrogen-bond donors (Lipinski definition) is 1. The minimum atomic E-state index is -1.05. The molecule has 0 saturated heterocycles. The number of fused-ring (bicyclic) bond motifs is 2. The monoisotopic (exact) mass is 527 g/mol. The summed E-state index contributed by atoms with van der Waals surface area (Å²) in [5, 5.41) is 10.3. The summed E-state index contributed by atoms with van der Waals surface area (Å²) in [6.45, 7) is 0.474. The number of aliphatic carboxylic acids is 1. The van der Waals surface area contributed by atoms with Crippen LogP contribution in [0, 0.1) is 11.8 Å². The van der Waals surface area contributed by atoms with Gasteiger partial charge in [-0.05, 0) is 53.9 Å². The number of hydrogen-bond acceptors (Lipinski definition) is 5. The molecule has 202 valence electrons. The molecule has 2 fully saturated rings. The summed E-state index contributed by atoms with van der Waals surface area (Å²) in [7, 11) is 1.57. The molecule has 39 heavy (non-hydrogen) atoms. The van der Waals surface area contributed by atoms with Crippen molar-refractivity contribution in [2.75, 3.05) is 7.11 Å². The number of methoxy groups -OCH3 is 1. The number of nitrogens with zero attached hydrogens (tertiary/aromatic N) is 1. The van der Waals surface area contributed by atoms with Gasteiger partial charge >= 0.3 is 5.97 Å². The molecule has 0 spiro atoms. The molecule has 5 atom stereocenters. The van der Waals surface area contributed by atoms with Crippen LogP contribution in [0.15, 0.2) is 72.8 Å². The van der Waals surface area contributed by atoms with Crippen molar-refractivity contribution in [3.8, 4) is 11.5 Å². The Morgan fingerprint density at radius 1 is 1.00 bits per heavy atom. The third-order valence-electron chi connectivity index (χ3n) is 8.36. The van der Waals surface area contributed by atoms with Crippen molar-refractivity contribution in [2.45, 2.75) is 57.1 Å². The third kappa shape index (κ3) is 5.11. The summed E-state index contributed by atoms with van der Waals surface area (Å²) in [6, 6.07) is 21.9. The Hall–Kier alpha value is -3.84. The normalized spacial score (nSPS) is 23.9. The average Bonchev–Trinajstić information content (AvgIpc) is 3.65. The molecule has 7 nitrogen and oxygen atoms in total. The highest BCUT2D eigenvalue weighted by atomic mass is 16.5. The van der Waals surface area contributed by atoms with E-state index >= 15 is 0 Å². The maximum Gasteiger partial charge on any atom is 0.326 e. The van der Waals surface area contributed by atoms with Gasteiger partial charge in [-0.25, -0.2) is 4.79 Å². The fraction of sp³-hybridized carbons (Fsp3) is 0.375. The Bertz CT molecular complexity index is 1340. The number of carboxylic acid groups (broad SMARTS) is 1. The van der Waals surface area contributed by atoms with Crippen molar-refractivity contribution < 1.29 is 28.9 Å². The highest BCUT2D eigenvalue weighted by Gasteiger charge is 2.50. The lowest BCUT2D eigenvalue weighted by Gasteiger charge is -2.38. The molecule has 7 heteroatoms. The topological polar surface area (TPSA) is 85.3 Å². The predicted molar refractivity (Wildman–Crippen MR) is 144 cm³/mol. The van der Waals surface area contributed by atoms with E-state index in [1.165, 1.54) is 4.90 Å². The lowest BCUT2D eigenvalue weighted by Crippen LogP contribution is -2.51. The van der Waals surface area contributed by atoms with Gasteiger partial charge in [0.25, 0.3) is 5.91 Å². The van der Waals surface area contributed by atoms with Crippen molar-refractivity contribution in [3.05, 3.63) is 95.1 Å². The van der Waals surface area contributed by atoms with E-state index in [4.69, 9.17) is 14.2 Å². The van der Waals surface area contributed by atoms with Crippen LogP contribution in [0.1, 0.15) is 47.6 Å². The molecule has 2 aliphatic carbocycles. The first-order chi connectivity index (χ1) is 19.0. The highest BCUT2D eigenvalue weighted by Crippen LogP contribution is 2.54. The minimum absolute atomic E-state index is 0.0340. The SMILES string of the molecule is COc1ccc2c(c1OCc1ccccc1)CC(C(=O)O)N(C(=O)[C@@H](O[C@H]1CCC3CC31)c1ccccc1)C2. The summed E-state index contributed by atoms with van der Waals surface area (Å²) < 4.78 is 18.3. The summed E-state index contributed by atoms with van der Waals surface area (Å²) in [5.74, 6) is 0.919. The Labute approximate surface area is 228 Å². The first kappa shape index (κ1) is 25.4. The van der Waals surface area contributed by atoms with E-state index in [1.54, 1.807) is 7.11 Å². The Morgan fingerprint density at radius 2 is 1.74 bits per heavy atom. The van der Waals surface area contributed by atoms with Gasteiger partial charge in [-0.2, -0.15) is 0 Å². The maximum atomic E-state index is 14.1. The molecule has 3 aliphatic rings. The van der Waals surface area contributed by atoms with E-state index in [2.05, 4.69) is 0 Å². The molecule has 6 rings (SSSR count). The Kier molecular flexibility index (Phi) is 7.00. The zero-order valence-electron chi connectivity index (χ0n) is 22.0. The number of carbonyl (C=O) groups is 2. The Morgan fingerprint density at radius 3 is 2.38 bits per heavy atom. The molecular formula is C32H33NO6. The smallest absolute Gasteiger partial charge is 0.326 e. The van der Waals surface area contributed by atoms with Gasteiger partial charge < -0.3 is 24.2 Å². The van der Waals surface area contributed by atoms with Crippen LogP contribution >= 0.6 is 0 Å². The largest absolute Gasteiger partial charge is 0.493 e. The van der Waals surface area contributed by atoms with Crippen LogP contribution in [0.2, 0.25) is 0 Å². The van der Waals surface area contributed by atoms with E-state index in [-0.39, 0.29) is 25.0 Å². The molecule has 1 amide bonds. The van der Waals surface area contributed by atoms with Gasteiger partial charge in [-0.15, -0.1) is 0 Å². The van der Waals surface area contributed by atoms with Crippen molar-refractivity contribution in [3.63, 3.8) is 0 Å². The number of benzene rings is 3. The fourth-order valence-electron chi connectivity index (χ4n) is 6.17. The van der Waals surface area contributed by atoms with Crippen LogP contribution in [0.5, 0.6) is 11.5 Å². The van der Waals surface area contributed by atoms with Gasteiger partial charge in [0.1, 0.15) is 12.6 Å². The summed E-state index contributed by atoms with van der Waals surface area (Å²) in [5.41, 5.74) is 3.35. The van der Waals surface area contributed by atoms with E-state index in [1.807, 2.05) is 72.8 Å². The molecule has 1 heterocycles. The van der Waals surface area contributed by atoms with Crippen LogP contribution in [-0.2, 0) is 33.9 Å². The van der Waals surface area contributed by atoms with Gasteiger partial charge in [0.15, 0.2) is 17.6 Å². The molecule has 3 unspecified atom stereocenters. The van der Waals surface area contributed by atoms with Gasteiger partial charge in [0, 0.05) is 18.5 Å². The second kappa shape index (κ2) is 10.7. The van der Waals surface area contributed by atoms with Crippen LogP contribution in [-0.4, -0.2) is 41.1 Å². The summed E-state index contributed by atoms with van der Waals surface area (Å²) in [6.07, 6.45) is 2.54. The fourth-order valence-corrected chi connectivity index (χ4v) is 6.17. The van der Waals surface area contributed by atoms with Crippen molar-refractivity contribution >= 4 is 11.9 Å². The van der Waals surface area contributed by atoms with E-state index in [0.29, 0.717) is 29.9 Å². The zero-order chi connectivity index (χ0) is 26.9. The lowest BCUT2D eigenvalue weighted by atomic mass is 9.91. The molecule has 0 radical (unpaired) electrons. The minimum Gasteiger partial charge on any atom is -0.493 e. The Balaban J connectivity index is 1.31. The van der Waals surface area contributed by atoms with Gasteiger partial charge in [0.05, 0.1) is 13.2 Å². The van der Waals surface area contributed by atoms with Crippen molar-refractivity contribution in [1.82, 2.24) is 4.90 Å². The molecule has 2 saturated carbocycles. The second-order valence-corrected chi connectivity index (χ2v) is 10.7. The average molecular weight is 528 g/mol. The quantitative estimate of drug-likeness (QED) is 0.413. The molecule has 3 aromatic rings. The number of amides is 1. The summed E-state index contributed by atoms with van der Waals surface area (Å²) >= 11 is 0. The molecule has 0 bridgehead atoms. The zero-order valence-corrected chi connectivity index (χ0v) is 22.0. The van der Waals surface area contributed by atoms with Crippen LogP contribution in [0.4, 0.5) is 0 Å². The van der Waals surface area contributed by atoms with E-state index < -0.39 is 18.1 Å². The maximum absolute atomic E-state index is 14.1. The lowest BCUT2D eigenvalue weighted by molar-refractivity contribution is -0.160. The van der Waals surface area contributed by atoms with Gasteiger partial charge in [0.2, 0.25) is 0 Å². The van der Waals surface area contributed by atoms with Crippen LogP contribution in [0.3, 0.4) is 0 Å². The van der Waals surface area contributed by atoms with Crippen molar-refractivity contribution in [1.29, 1.82) is 0 Å². The van der Waals surface area contributed by atoms with Crippen molar-refractivity contribution in [2.24, 2.45) is 11.8 Å². The van der Waals surface area contributed by atoms with E-state index in [0.717, 1.165) is 41.5 Å². The summed E-state index contributed by atoms with van der Waals surface area (Å²) in [4.78, 5) is 28.2. The third-order valence-corrected chi connectivity index (χ3v) is 8.36. The molecular weight excluding hydrogens is 494 g/mol. The van der Waals surface area contributed by atoms with E-state index in [9.17, 15) is 14.7 Å². The van der Waals surface area contributed by atoms with Crippen LogP contribution in [0.25, 0.3) is 0 Å². The number of rotatable bonds is 9. The molecule has 3 aromatic carbocycles. The van der Waals surface area contributed by atoms with Crippen LogP contribution < -0.4 is 9.47 Å². The standard InChI is InChI=1S/C32H33NO6/c1-37-28-15-13-23-18-33(26(32(35)36)17-25(23)30(28)38-19-20-8-4-2-5-9-20)31(34)29(21-10-6-3-7-11-21)39-27-14-12-22-16-24(22)27/h2-11,13,15,22,24,26-27,29H,12,14,16-19H2,1H3,(H,35,36)/t22?,24?,26?,27-,29-/m0/s1. The second-order valence-electron chi connectivity index (χ2n) is 10.7. The number of carboxylic acids is 1. The number of ether oxygens (including phenoxy) is 3. The highest BCUT2D eigenvalue weighted by molar-refractivity contribution is 5.88. The molecule has 1 N–H and O–H groups in total. The first-order valence-electron chi connectivity index (χ1n) is 13.6. The first-order valence-corrected chi connectivity index (χ1v) is 13.6. The van der Waals surface area contributed by atoms with Gasteiger partial charge in [-0.3, -0.25) is 4.79 Å². The number of carbonyl (C=O) groups excluding carboxylic acids is 1. The predicted octanol–water partition coefficient (Wildman–Crippen LogP) is 5.17.